The Balaban J connectivity index is 2.28. The highest BCUT2D eigenvalue weighted by molar-refractivity contribution is 9.10. The van der Waals surface area contributed by atoms with Gasteiger partial charge >= 0.3 is 0 Å². The summed E-state index contributed by atoms with van der Waals surface area (Å²) in [6.07, 6.45) is 3.14. The number of ether oxygens (including phenoxy) is 1. The predicted octanol–water partition coefficient (Wildman–Crippen LogP) is 4.06. The van der Waals surface area contributed by atoms with E-state index in [1.54, 1.807) is 0 Å². The molecule has 0 spiro atoms. The fourth-order valence-electron chi connectivity index (χ4n) is 1.92. The zero-order valence-corrected chi connectivity index (χ0v) is 12.0. The molecule has 1 aromatic rings. The van der Waals surface area contributed by atoms with Crippen molar-refractivity contribution >= 4 is 27.5 Å². The lowest BCUT2D eigenvalue weighted by molar-refractivity contribution is 0.216. The second-order valence-corrected chi connectivity index (χ2v) is 5.17. The molecule has 1 aliphatic heterocycles. The van der Waals surface area contributed by atoms with Gasteiger partial charge in [-0.05, 0) is 46.2 Å². The minimum Gasteiger partial charge on any atom is -0.496 e. The molecule has 1 unspecified atom stereocenters. The topological polar surface area (TPSA) is 21.3 Å². The average Bonchev–Trinajstić information content (AvgIpc) is 2.83. The van der Waals surface area contributed by atoms with E-state index in [2.05, 4.69) is 34.2 Å². The third-order valence-electron chi connectivity index (χ3n) is 2.70. The van der Waals surface area contributed by atoms with Gasteiger partial charge in [0.2, 0.25) is 0 Å². The molecular weight excluding hydrogens is 302 g/mol. The second kappa shape index (κ2) is 5.89. The highest BCUT2D eigenvalue weighted by Gasteiger charge is 2.20. The average molecular weight is 317 g/mol. The van der Waals surface area contributed by atoms with Gasteiger partial charge in [-0.1, -0.05) is 24.6 Å². The van der Waals surface area contributed by atoms with Crippen LogP contribution in [0, 0.1) is 0 Å². The van der Waals surface area contributed by atoms with Crippen LogP contribution in [0.4, 0.5) is 0 Å². The monoisotopic (exact) mass is 315 g/mol. The zero-order chi connectivity index (χ0) is 12.3. The lowest BCUT2D eigenvalue weighted by Crippen LogP contribution is -2.23. The summed E-state index contributed by atoms with van der Waals surface area (Å²) in [6.45, 7) is 3.77. The fourth-order valence-corrected chi connectivity index (χ4v) is 2.43. The number of likely N-dealkylation sites (N-methyl/N-ethyl adjacent to an activating group) is 1. The van der Waals surface area contributed by atoms with Crippen LogP contribution in [0.1, 0.15) is 24.9 Å². The smallest absolute Gasteiger partial charge is 0.114 e. The first-order valence-corrected chi connectivity index (χ1v) is 6.90. The van der Waals surface area contributed by atoms with Gasteiger partial charge < -0.3 is 10.1 Å². The Hall–Kier alpha value is -0.510. The lowest BCUT2D eigenvalue weighted by atomic mass is 10.0. The first kappa shape index (κ1) is 12.9. The summed E-state index contributed by atoms with van der Waals surface area (Å²) in [6, 6.07) is 6.10. The molecule has 0 saturated heterocycles. The number of hydrogen-bond acceptors (Lipinski definition) is 2. The summed E-state index contributed by atoms with van der Waals surface area (Å²) in [5.41, 5.74) is 1.16. The van der Waals surface area contributed by atoms with E-state index < -0.39 is 0 Å². The van der Waals surface area contributed by atoms with Gasteiger partial charge in [-0.15, -0.1) is 0 Å². The van der Waals surface area contributed by atoms with Crippen LogP contribution in [0.2, 0.25) is 5.02 Å². The maximum Gasteiger partial charge on any atom is 0.114 e. The number of benzene rings is 1. The fraction of sp³-hybridized carbons (Fsp3) is 0.385. The molecule has 0 saturated carbocycles. The quantitative estimate of drug-likeness (QED) is 0.904. The van der Waals surface area contributed by atoms with Gasteiger partial charge in [-0.25, -0.2) is 0 Å². The van der Waals surface area contributed by atoms with Crippen LogP contribution in [0.15, 0.2) is 34.5 Å². The van der Waals surface area contributed by atoms with Gasteiger partial charge in [0.05, 0.1) is 17.7 Å². The highest BCUT2D eigenvalue weighted by atomic mass is 79.9. The number of halogens is 2. The van der Waals surface area contributed by atoms with Crippen LogP contribution in [0.5, 0.6) is 0 Å². The summed E-state index contributed by atoms with van der Waals surface area (Å²) in [4.78, 5) is 0. The Kier molecular flexibility index (Phi) is 4.48. The lowest BCUT2D eigenvalue weighted by Gasteiger charge is -2.20. The van der Waals surface area contributed by atoms with Crippen LogP contribution in [-0.4, -0.2) is 13.2 Å². The maximum absolute atomic E-state index is 6.01. The van der Waals surface area contributed by atoms with Crippen LogP contribution in [0.3, 0.4) is 0 Å². The Labute approximate surface area is 115 Å². The molecule has 0 aliphatic carbocycles. The van der Waals surface area contributed by atoms with Crippen molar-refractivity contribution in [2.45, 2.75) is 19.4 Å². The summed E-state index contributed by atoms with van der Waals surface area (Å²) in [5, 5.41) is 4.16. The van der Waals surface area contributed by atoms with Gasteiger partial charge in [-0.2, -0.15) is 0 Å². The van der Waals surface area contributed by atoms with E-state index in [9.17, 15) is 0 Å². The minimum absolute atomic E-state index is 0.121. The molecule has 1 atom stereocenters. The molecule has 0 amide bonds. The number of nitrogens with one attached hydrogen (secondary N) is 1. The van der Waals surface area contributed by atoms with Crippen molar-refractivity contribution in [3.8, 4) is 0 Å². The van der Waals surface area contributed by atoms with Crippen molar-refractivity contribution in [1.29, 1.82) is 0 Å². The van der Waals surface area contributed by atoms with Gasteiger partial charge in [0, 0.05) is 10.9 Å². The number of hydrogen-bond donors (Lipinski definition) is 1. The van der Waals surface area contributed by atoms with Gasteiger partial charge in [0.15, 0.2) is 0 Å². The zero-order valence-electron chi connectivity index (χ0n) is 9.67. The second-order valence-electron chi connectivity index (χ2n) is 3.91. The molecule has 0 aromatic heterocycles. The predicted molar refractivity (Wildman–Crippen MR) is 74.2 cm³/mol. The van der Waals surface area contributed by atoms with E-state index >= 15 is 0 Å². The van der Waals surface area contributed by atoms with E-state index in [0.717, 1.165) is 40.4 Å². The standard InChI is InChI=1S/C13H15BrClNO/c1-2-16-13(12-4-3-7-17-12)9-5-6-11(15)10(14)8-9/h4-6,8,13,16H,2-3,7H2,1H3. The van der Waals surface area contributed by atoms with Gasteiger partial charge in [0.1, 0.15) is 5.76 Å². The molecule has 17 heavy (non-hydrogen) atoms. The van der Waals surface area contributed by atoms with Crippen molar-refractivity contribution in [2.24, 2.45) is 0 Å². The van der Waals surface area contributed by atoms with E-state index in [4.69, 9.17) is 16.3 Å². The van der Waals surface area contributed by atoms with E-state index in [0.29, 0.717) is 0 Å². The molecule has 0 bridgehead atoms. The SMILES string of the molecule is CCNC(C1=CCCO1)c1ccc(Cl)c(Br)c1. The molecular formula is C13H15BrClNO. The molecule has 1 aliphatic rings. The summed E-state index contributed by atoms with van der Waals surface area (Å²) in [7, 11) is 0. The number of rotatable bonds is 4. The van der Waals surface area contributed by atoms with Crippen molar-refractivity contribution in [1.82, 2.24) is 5.32 Å². The van der Waals surface area contributed by atoms with Gasteiger partial charge in [-0.3, -0.25) is 0 Å². The Morgan fingerprint density at radius 1 is 1.53 bits per heavy atom. The van der Waals surface area contributed by atoms with Crippen molar-refractivity contribution < 1.29 is 4.74 Å². The first-order chi connectivity index (χ1) is 8.22. The molecule has 0 radical (unpaired) electrons. The molecule has 4 heteroatoms. The van der Waals surface area contributed by atoms with Crippen molar-refractivity contribution in [3.63, 3.8) is 0 Å². The minimum atomic E-state index is 0.121. The van der Waals surface area contributed by atoms with E-state index in [-0.39, 0.29) is 6.04 Å². The molecule has 92 valence electrons. The highest BCUT2D eigenvalue weighted by Crippen LogP contribution is 2.31. The van der Waals surface area contributed by atoms with Crippen LogP contribution >= 0.6 is 27.5 Å². The maximum atomic E-state index is 6.01. The molecule has 1 heterocycles. The Morgan fingerprint density at radius 2 is 2.35 bits per heavy atom. The molecule has 0 fully saturated rings. The first-order valence-electron chi connectivity index (χ1n) is 5.73. The van der Waals surface area contributed by atoms with Crippen LogP contribution < -0.4 is 5.32 Å². The van der Waals surface area contributed by atoms with E-state index in [1.165, 1.54) is 0 Å². The Bertz CT molecular complexity index is 433. The summed E-state index contributed by atoms with van der Waals surface area (Å²) in [5.74, 6) is 1.01. The van der Waals surface area contributed by atoms with Gasteiger partial charge in [0.25, 0.3) is 0 Å². The van der Waals surface area contributed by atoms with Crippen molar-refractivity contribution in [3.05, 3.63) is 45.1 Å². The molecule has 1 N–H and O–H groups in total. The Morgan fingerprint density at radius 3 is 2.94 bits per heavy atom. The molecule has 1 aromatic carbocycles. The summed E-state index contributed by atoms with van der Waals surface area (Å²) >= 11 is 9.46. The third kappa shape index (κ3) is 3.03. The molecule has 2 nitrogen and oxygen atoms in total. The summed E-state index contributed by atoms with van der Waals surface area (Å²) < 4.78 is 6.56. The van der Waals surface area contributed by atoms with Crippen LogP contribution in [0.25, 0.3) is 0 Å². The largest absolute Gasteiger partial charge is 0.496 e. The van der Waals surface area contributed by atoms with Crippen molar-refractivity contribution in [2.75, 3.05) is 13.2 Å². The van der Waals surface area contributed by atoms with E-state index in [1.807, 2.05) is 18.2 Å². The van der Waals surface area contributed by atoms with Crippen LogP contribution in [-0.2, 0) is 4.74 Å². The third-order valence-corrected chi connectivity index (χ3v) is 3.92. The molecule has 2 rings (SSSR count). The normalized spacial score (nSPS) is 16.5.